The van der Waals surface area contributed by atoms with Crippen LogP contribution in [-0.4, -0.2) is 31.4 Å². The van der Waals surface area contributed by atoms with E-state index in [0.29, 0.717) is 17.1 Å². The Morgan fingerprint density at radius 1 is 1.33 bits per heavy atom. The Morgan fingerprint density at radius 2 is 2.05 bits per heavy atom. The number of aromatic nitrogens is 2. The van der Waals surface area contributed by atoms with E-state index in [1.54, 1.807) is 19.1 Å². The van der Waals surface area contributed by atoms with Crippen LogP contribution in [0.3, 0.4) is 0 Å². The highest BCUT2D eigenvalue weighted by Gasteiger charge is 2.16. The third-order valence-corrected chi connectivity index (χ3v) is 6.96. The minimum Gasteiger partial charge on any atom is -0.398 e. The molecule has 0 saturated carbocycles. The fourth-order valence-electron chi connectivity index (χ4n) is 1.46. The maximum Gasteiger partial charge on any atom is 0.240 e. The lowest BCUT2D eigenvalue weighted by molar-refractivity contribution is 0.583. The van der Waals surface area contributed by atoms with E-state index in [-0.39, 0.29) is 4.90 Å². The van der Waals surface area contributed by atoms with Gasteiger partial charge in [0.15, 0.2) is 8.68 Å². The number of hydrogen-bond donors (Lipinski definition) is 2. The number of sulfonamides is 1. The van der Waals surface area contributed by atoms with Crippen molar-refractivity contribution in [3.8, 4) is 0 Å². The summed E-state index contributed by atoms with van der Waals surface area (Å²) in [5, 5.41) is 8.04. The molecule has 21 heavy (non-hydrogen) atoms. The first-order valence-electron chi connectivity index (χ1n) is 5.91. The van der Waals surface area contributed by atoms with Gasteiger partial charge in [0, 0.05) is 17.1 Å². The van der Waals surface area contributed by atoms with E-state index in [1.807, 2.05) is 6.26 Å². The molecule has 0 bridgehead atoms. The van der Waals surface area contributed by atoms with Gasteiger partial charge in [0.1, 0.15) is 0 Å². The highest BCUT2D eigenvalue weighted by Crippen LogP contribution is 2.36. The molecule has 0 atom stereocenters. The van der Waals surface area contributed by atoms with Gasteiger partial charge in [-0.15, -0.1) is 10.2 Å². The highest BCUT2D eigenvalue weighted by atomic mass is 32.2. The lowest BCUT2D eigenvalue weighted by Gasteiger charge is -2.08. The standard InChI is InChI=1S/C11H14N4O2S4/c1-3-13-21(16,17)7-4-5-8(12)9(6-7)19-11-15-14-10(18-2)20-11/h4-6,13H,3,12H2,1-2H3. The summed E-state index contributed by atoms with van der Waals surface area (Å²) >= 11 is 4.27. The van der Waals surface area contributed by atoms with Crippen molar-refractivity contribution in [1.29, 1.82) is 0 Å². The van der Waals surface area contributed by atoms with Gasteiger partial charge in [-0.05, 0) is 24.5 Å². The van der Waals surface area contributed by atoms with Gasteiger partial charge in [0.25, 0.3) is 0 Å². The van der Waals surface area contributed by atoms with Gasteiger partial charge in [-0.3, -0.25) is 0 Å². The van der Waals surface area contributed by atoms with Crippen LogP contribution < -0.4 is 10.5 Å². The molecule has 2 aromatic rings. The largest absolute Gasteiger partial charge is 0.398 e. The van der Waals surface area contributed by atoms with Crippen LogP contribution in [0.25, 0.3) is 0 Å². The molecule has 6 nitrogen and oxygen atoms in total. The number of nitrogen functional groups attached to an aromatic ring is 1. The Bertz CT molecular complexity index is 730. The molecule has 0 amide bonds. The molecular formula is C11H14N4O2S4. The van der Waals surface area contributed by atoms with E-state index in [1.165, 1.54) is 40.9 Å². The van der Waals surface area contributed by atoms with Gasteiger partial charge in [-0.1, -0.05) is 41.8 Å². The number of nitrogens with zero attached hydrogens (tertiary/aromatic N) is 2. The summed E-state index contributed by atoms with van der Waals surface area (Å²) in [5.41, 5.74) is 6.42. The van der Waals surface area contributed by atoms with Gasteiger partial charge in [-0.25, -0.2) is 13.1 Å². The zero-order valence-electron chi connectivity index (χ0n) is 11.4. The zero-order chi connectivity index (χ0) is 15.5. The number of rotatable bonds is 6. The van der Waals surface area contributed by atoms with Crippen LogP contribution in [0.15, 0.2) is 36.7 Å². The second-order valence-electron chi connectivity index (χ2n) is 3.84. The van der Waals surface area contributed by atoms with Gasteiger partial charge in [-0.2, -0.15) is 0 Å². The van der Waals surface area contributed by atoms with Crippen LogP contribution in [0.2, 0.25) is 0 Å². The summed E-state index contributed by atoms with van der Waals surface area (Å²) in [4.78, 5) is 0.841. The van der Waals surface area contributed by atoms with E-state index >= 15 is 0 Å². The molecular weight excluding hydrogens is 348 g/mol. The van der Waals surface area contributed by atoms with E-state index in [4.69, 9.17) is 5.73 Å². The highest BCUT2D eigenvalue weighted by molar-refractivity contribution is 8.03. The quantitative estimate of drug-likeness (QED) is 0.601. The molecule has 10 heteroatoms. The smallest absolute Gasteiger partial charge is 0.240 e. The second kappa shape index (κ2) is 6.97. The molecule has 0 aliphatic heterocycles. The number of thioether (sulfide) groups is 1. The van der Waals surface area contributed by atoms with Crippen molar-refractivity contribution in [3.63, 3.8) is 0 Å². The van der Waals surface area contributed by atoms with E-state index in [2.05, 4.69) is 14.9 Å². The topological polar surface area (TPSA) is 98.0 Å². The number of hydrogen-bond acceptors (Lipinski definition) is 8. The van der Waals surface area contributed by atoms with Crippen LogP contribution in [0.4, 0.5) is 5.69 Å². The number of anilines is 1. The molecule has 0 aliphatic rings. The van der Waals surface area contributed by atoms with Crippen molar-refractivity contribution < 1.29 is 8.42 Å². The predicted molar refractivity (Wildman–Crippen MR) is 87.5 cm³/mol. The summed E-state index contributed by atoms with van der Waals surface area (Å²) < 4.78 is 28.1. The normalized spacial score (nSPS) is 11.7. The van der Waals surface area contributed by atoms with E-state index in [9.17, 15) is 8.42 Å². The summed E-state index contributed by atoms with van der Waals surface area (Å²) in [5.74, 6) is 0. The van der Waals surface area contributed by atoms with Crippen molar-refractivity contribution >= 4 is 50.6 Å². The van der Waals surface area contributed by atoms with Crippen molar-refractivity contribution in [1.82, 2.24) is 14.9 Å². The second-order valence-corrected chi connectivity index (χ2v) is 8.93. The minimum absolute atomic E-state index is 0.190. The fourth-order valence-corrected chi connectivity index (χ4v) is 5.08. The molecule has 0 spiro atoms. The molecule has 114 valence electrons. The summed E-state index contributed by atoms with van der Waals surface area (Å²) in [6.07, 6.45) is 1.92. The third-order valence-electron chi connectivity index (χ3n) is 2.39. The first kappa shape index (κ1) is 16.6. The average molecular weight is 363 g/mol. The maximum absolute atomic E-state index is 12.0. The Morgan fingerprint density at radius 3 is 2.67 bits per heavy atom. The van der Waals surface area contributed by atoms with Crippen molar-refractivity contribution in [2.45, 2.75) is 25.4 Å². The lowest BCUT2D eigenvalue weighted by Crippen LogP contribution is -2.23. The number of nitrogens with one attached hydrogen (secondary N) is 1. The molecule has 1 aromatic heterocycles. The van der Waals surface area contributed by atoms with Crippen LogP contribution in [-0.2, 0) is 10.0 Å². The van der Waals surface area contributed by atoms with Crippen molar-refractivity contribution in [3.05, 3.63) is 18.2 Å². The average Bonchev–Trinajstić information content (AvgIpc) is 2.88. The van der Waals surface area contributed by atoms with Crippen molar-refractivity contribution in [2.75, 3.05) is 18.5 Å². The summed E-state index contributed by atoms with van der Waals surface area (Å²) in [6.45, 7) is 2.07. The third kappa shape index (κ3) is 4.10. The number of benzene rings is 1. The molecule has 0 aliphatic carbocycles. The molecule has 1 heterocycles. The fraction of sp³-hybridized carbons (Fsp3) is 0.273. The molecule has 0 radical (unpaired) electrons. The van der Waals surface area contributed by atoms with Gasteiger partial charge < -0.3 is 5.73 Å². The lowest BCUT2D eigenvalue weighted by atomic mass is 10.3. The van der Waals surface area contributed by atoms with Crippen LogP contribution >= 0.6 is 34.9 Å². The van der Waals surface area contributed by atoms with Gasteiger partial charge in [0.05, 0.1) is 4.90 Å². The van der Waals surface area contributed by atoms with Crippen molar-refractivity contribution in [2.24, 2.45) is 0 Å². The first-order chi connectivity index (χ1) is 9.96. The minimum atomic E-state index is -3.50. The van der Waals surface area contributed by atoms with Gasteiger partial charge in [0.2, 0.25) is 10.0 Å². The molecule has 1 aromatic carbocycles. The van der Waals surface area contributed by atoms with Crippen LogP contribution in [0, 0.1) is 0 Å². The zero-order valence-corrected chi connectivity index (χ0v) is 14.6. The first-order valence-corrected chi connectivity index (χ1v) is 10.2. The molecule has 2 rings (SSSR count). The number of nitrogens with two attached hydrogens (primary N) is 1. The SMILES string of the molecule is CCNS(=O)(=O)c1ccc(N)c(Sc2nnc(SC)s2)c1. The van der Waals surface area contributed by atoms with Crippen LogP contribution in [0.1, 0.15) is 6.92 Å². The Labute approximate surface area is 136 Å². The Kier molecular flexibility index (Phi) is 5.49. The molecule has 0 saturated heterocycles. The van der Waals surface area contributed by atoms with Crippen LogP contribution in [0.5, 0.6) is 0 Å². The predicted octanol–water partition coefficient (Wildman–Crippen LogP) is 2.29. The molecule has 0 fully saturated rings. The molecule has 3 N–H and O–H groups in total. The summed E-state index contributed by atoms with van der Waals surface area (Å²) in [6, 6.07) is 4.63. The monoisotopic (exact) mass is 362 g/mol. The maximum atomic E-state index is 12.0. The summed E-state index contributed by atoms with van der Waals surface area (Å²) in [7, 11) is -3.50. The van der Waals surface area contributed by atoms with Gasteiger partial charge >= 0.3 is 0 Å². The Balaban J connectivity index is 2.31. The van der Waals surface area contributed by atoms with E-state index in [0.717, 1.165) is 8.68 Å². The Hall–Kier alpha value is -0.810. The van der Waals surface area contributed by atoms with E-state index < -0.39 is 10.0 Å². The molecule has 0 unspecified atom stereocenters.